The Morgan fingerprint density at radius 1 is 1.79 bits per heavy atom. The normalized spacial score (nSPS) is 35.2. The highest BCUT2D eigenvalue weighted by Crippen LogP contribution is 2.27. The van der Waals surface area contributed by atoms with E-state index in [2.05, 4.69) is 15.9 Å². The number of hydrogen-bond donors (Lipinski definition) is 1. The van der Waals surface area contributed by atoms with Crippen LogP contribution in [0.1, 0.15) is 6.92 Å². The molecule has 4 unspecified atom stereocenters. The predicted octanol–water partition coefficient (Wildman–Crippen LogP) is 1.06. The fourth-order valence-corrected chi connectivity index (χ4v) is 3.33. The molecule has 0 radical (unpaired) electrons. The number of alkyl halides is 2. The van der Waals surface area contributed by atoms with Crippen LogP contribution < -0.4 is 0 Å². The van der Waals surface area contributed by atoms with E-state index in [1.807, 2.05) is 24.8 Å². The van der Waals surface area contributed by atoms with Crippen molar-refractivity contribution in [2.24, 2.45) is 5.92 Å². The van der Waals surface area contributed by atoms with Crippen molar-refractivity contribution in [3.05, 3.63) is 0 Å². The summed E-state index contributed by atoms with van der Waals surface area (Å²) >= 11 is 9.66. The first kappa shape index (κ1) is 12.4. The van der Waals surface area contributed by atoms with Crippen LogP contribution in [0.4, 0.5) is 0 Å². The Labute approximate surface area is 97.8 Å². The highest BCUT2D eigenvalue weighted by atomic mass is 79.9. The molecule has 0 aromatic rings. The highest BCUT2D eigenvalue weighted by molar-refractivity contribution is 9.09. The second-order valence-electron chi connectivity index (χ2n) is 3.47. The fourth-order valence-electron chi connectivity index (χ4n) is 1.62. The first-order chi connectivity index (χ1) is 6.56. The van der Waals surface area contributed by atoms with Gasteiger partial charge in [0.15, 0.2) is 19.0 Å². The molecule has 1 heterocycles. The molecule has 1 aliphatic rings. The Bertz CT molecular complexity index is 225. The molecule has 14 heavy (non-hydrogen) atoms. The van der Waals surface area contributed by atoms with E-state index < -0.39 is 6.29 Å². The molecule has 1 rings (SSSR count). The van der Waals surface area contributed by atoms with E-state index >= 15 is 0 Å². The van der Waals surface area contributed by atoms with Crippen LogP contribution in [0.15, 0.2) is 0 Å². The largest absolute Gasteiger partial charge is 0.368 e. The summed E-state index contributed by atoms with van der Waals surface area (Å²) < 4.78 is 7.18. The second-order valence-corrected chi connectivity index (χ2v) is 5.15. The topological polar surface area (TPSA) is 32.5 Å². The van der Waals surface area contributed by atoms with Crippen molar-refractivity contribution in [2.75, 3.05) is 20.2 Å². The van der Waals surface area contributed by atoms with Gasteiger partial charge in [0.25, 0.3) is 0 Å². The summed E-state index contributed by atoms with van der Waals surface area (Å²) in [5.41, 5.74) is 0. The van der Waals surface area contributed by atoms with Crippen LogP contribution in [0.3, 0.4) is 0 Å². The van der Waals surface area contributed by atoms with Crippen LogP contribution in [0.5, 0.6) is 0 Å². The van der Waals surface area contributed by atoms with Gasteiger partial charge in [0.2, 0.25) is 0 Å². The fraction of sp³-hybridized carbons (Fsp3) is 0.889. The Hall–Kier alpha value is 0.360. The molecule has 1 aliphatic heterocycles. The third-order valence-corrected chi connectivity index (χ3v) is 3.61. The van der Waals surface area contributed by atoms with Crippen molar-refractivity contribution in [1.82, 2.24) is 0 Å². The summed E-state index contributed by atoms with van der Waals surface area (Å²) in [5.74, 6) is -0.0900. The zero-order valence-electron chi connectivity index (χ0n) is 8.36. The predicted molar refractivity (Wildman–Crippen MR) is 60.6 cm³/mol. The number of halogens is 2. The number of rotatable bonds is 3. The monoisotopic (exact) mass is 284 g/mol. The summed E-state index contributed by atoms with van der Waals surface area (Å²) in [7, 11) is 1.97. The van der Waals surface area contributed by atoms with Gasteiger partial charge >= 0.3 is 0 Å². The van der Waals surface area contributed by atoms with E-state index in [0.717, 1.165) is 6.54 Å². The van der Waals surface area contributed by atoms with Crippen molar-refractivity contribution >= 4 is 33.7 Å². The molecule has 82 valence electrons. The first-order valence-corrected chi connectivity index (χ1v) is 6.04. The van der Waals surface area contributed by atoms with Crippen LogP contribution in [0, 0.1) is 5.92 Å². The van der Waals surface area contributed by atoms with Gasteiger partial charge in [-0.3, -0.25) is 0 Å². The molecule has 0 aliphatic carbocycles. The maximum Gasteiger partial charge on any atom is 0.160 e. The molecule has 3 nitrogen and oxygen atoms in total. The number of aliphatic hydroxyl groups excluding tert-OH is 1. The molecular weight excluding hydrogens is 269 g/mol. The summed E-state index contributed by atoms with van der Waals surface area (Å²) in [5, 5.41) is 9.53. The third-order valence-electron chi connectivity index (χ3n) is 2.31. The van der Waals surface area contributed by atoms with Gasteiger partial charge in [-0.25, -0.2) is 4.58 Å². The first-order valence-electron chi connectivity index (χ1n) is 4.69. The lowest BCUT2D eigenvalue weighted by Crippen LogP contribution is -2.46. The maximum atomic E-state index is 9.73. The summed E-state index contributed by atoms with van der Waals surface area (Å²) in [6.45, 7) is 3.18. The molecule has 4 atom stereocenters. The van der Waals surface area contributed by atoms with Crippen LogP contribution in [0.25, 0.3) is 0 Å². The molecule has 0 fully saturated rings. The SMILES string of the molecule is CCOC(O)C1C(Cl)C=[N+](C)CC1Br. The molecule has 0 amide bonds. The lowest BCUT2D eigenvalue weighted by Gasteiger charge is -2.30. The lowest BCUT2D eigenvalue weighted by molar-refractivity contribution is -0.499. The van der Waals surface area contributed by atoms with Crippen molar-refractivity contribution in [3.63, 3.8) is 0 Å². The van der Waals surface area contributed by atoms with Gasteiger partial charge in [-0.1, -0.05) is 15.9 Å². The molecule has 0 saturated heterocycles. The number of hydrogen-bond acceptors (Lipinski definition) is 2. The maximum absolute atomic E-state index is 9.73. The molecule has 0 aromatic carbocycles. The standard InChI is InChI=1S/C9H16BrClNO2/c1-3-14-9(13)8-6(10)4-12(2)5-7(8)11/h5-9,13H,3-4H2,1-2H3/q+1. The van der Waals surface area contributed by atoms with Crippen LogP contribution >= 0.6 is 27.5 Å². The van der Waals surface area contributed by atoms with Crippen molar-refractivity contribution in [1.29, 1.82) is 0 Å². The zero-order valence-corrected chi connectivity index (χ0v) is 10.7. The Balaban J connectivity index is 2.68. The molecule has 5 heteroatoms. The smallest absolute Gasteiger partial charge is 0.160 e. The minimum absolute atomic E-state index is 0.0900. The van der Waals surface area contributed by atoms with E-state index in [1.165, 1.54) is 0 Å². The summed E-state index contributed by atoms with van der Waals surface area (Å²) in [6, 6.07) is 0. The molecule has 0 aromatic heterocycles. The van der Waals surface area contributed by atoms with Gasteiger partial charge < -0.3 is 9.84 Å². The van der Waals surface area contributed by atoms with E-state index in [1.54, 1.807) is 0 Å². The number of nitrogens with zero attached hydrogens (tertiary/aromatic N) is 1. The summed E-state index contributed by atoms with van der Waals surface area (Å²) in [4.78, 5) is 0.154. The van der Waals surface area contributed by atoms with E-state index in [0.29, 0.717) is 6.61 Å². The number of ether oxygens (including phenoxy) is 1. The third kappa shape index (κ3) is 2.92. The Morgan fingerprint density at radius 2 is 2.43 bits per heavy atom. The molecule has 0 saturated carbocycles. The van der Waals surface area contributed by atoms with Gasteiger partial charge in [-0.2, -0.15) is 0 Å². The molecule has 0 spiro atoms. The van der Waals surface area contributed by atoms with Gasteiger partial charge in [0.05, 0.1) is 10.7 Å². The highest BCUT2D eigenvalue weighted by Gasteiger charge is 2.39. The van der Waals surface area contributed by atoms with Crippen LogP contribution in [0.2, 0.25) is 0 Å². The quantitative estimate of drug-likeness (QED) is 0.478. The minimum Gasteiger partial charge on any atom is -0.368 e. The van der Waals surface area contributed by atoms with Gasteiger partial charge in [-0.05, 0) is 6.92 Å². The molecule has 0 bridgehead atoms. The minimum atomic E-state index is -0.795. The lowest BCUT2D eigenvalue weighted by atomic mass is 9.98. The second kappa shape index (κ2) is 5.45. The van der Waals surface area contributed by atoms with Crippen molar-refractivity contribution in [2.45, 2.75) is 23.4 Å². The average Bonchev–Trinajstić information content (AvgIpc) is 2.01. The van der Waals surface area contributed by atoms with E-state index in [4.69, 9.17) is 16.3 Å². The average molecular weight is 286 g/mol. The van der Waals surface area contributed by atoms with Gasteiger partial charge in [0, 0.05) is 6.61 Å². The van der Waals surface area contributed by atoms with Crippen molar-refractivity contribution < 1.29 is 14.4 Å². The molecule has 1 N–H and O–H groups in total. The van der Waals surface area contributed by atoms with Crippen molar-refractivity contribution in [3.8, 4) is 0 Å². The van der Waals surface area contributed by atoms with Crippen LogP contribution in [-0.4, -0.2) is 52.6 Å². The van der Waals surface area contributed by atoms with Gasteiger partial charge in [0.1, 0.15) is 12.4 Å². The number of aliphatic hydroxyl groups is 1. The van der Waals surface area contributed by atoms with E-state index in [9.17, 15) is 5.11 Å². The Kier molecular flexibility index (Phi) is 4.83. The van der Waals surface area contributed by atoms with E-state index in [-0.39, 0.29) is 16.1 Å². The summed E-state index contributed by atoms with van der Waals surface area (Å²) in [6.07, 6.45) is 1.11. The zero-order chi connectivity index (χ0) is 10.7. The van der Waals surface area contributed by atoms with Gasteiger partial charge in [-0.15, -0.1) is 11.6 Å². The van der Waals surface area contributed by atoms with Crippen LogP contribution in [-0.2, 0) is 4.74 Å². The molecular formula is C9H16BrClNO2+. The Morgan fingerprint density at radius 3 is 2.93 bits per heavy atom.